The summed E-state index contributed by atoms with van der Waals surface area (Å²) in [4.78, 5) is 35.3. The molecule has 3 aliphatic rings. The summed E-state index contributed by atoms with van der Waals surface area (Å²) in [7, 11) is 0. The summed E-state index contributed by atoms with van der Waals surface area (Å²) in [6.07, 6.45) is 4.40. The Kier molecular flexibility index (Phi) is 5.07. The molecule has 0 radical (unpaired) electrons. The first-order valence-corrected chi connectivity index (χ1v) is 9.96. The molecule has 4 heterocycles. The minimum atomic E-state index is -0.618. The topological polar surface area (TPSA) is 93.1 Å². The van der Waals surface area contributed by atoms with Gasteiger partial charge in [0.1, 0.15) is 11.8 Å². The average molecular weight is 390 g/mol. The molecule has 0 saturated carbocycles. The molecule has 2 bridgehead atoms. The maximum atomic E-state index is 12.5. The van der Waals surface area contributed by atoms with E-state index in [0.29, 0.717) is 37.8 Å². The number of aldehydes is 1. The van der Waals surface area contributed by atoms with Gasteiger partial charge in [-0.3, -0.25) is 9.89 Å². The lowest BCUT2D eigenvalue weighted by molar-refractivity contribution is -0.138. The number of nitrogens with one attached hydrogen (secondary N) is 1. The monoisotopic (exact) mass is 390 g/mol. The van der Waals surface area contributed by atoms with Gasteiger partial charge in [-0.15, -0.1) is 11.3 Å². The van der Waals surface area contributed by atoms with Gasteiger partial charge in [-0.2, -0.15) is 0 Å². The molecule has 27 heavy (non-hydrogen) atoms. The Labute approximate surface area is 161 Å². The smallest absolute Gasteiger partial charge is 0.337 e. The zero-order chi connectivity index (χ0) is 18.9. The van der Waals surface area contributed by atoms with Crippen LogP contribution in [0.3, 0.4) is 0 Å². The average Bonchev–Trinajstić information content (AvgIpc) is 3.27. The third-order valence-electron chi connectivity index (χ3n) is 5.32. The van der Waals surface area contributed by atoms with Crippen LogP contribution >= 0.6 is 11.3 Å². The summed E-state index contributed by atoms with van der Waals surface area (Å²) >= 11 is 1.48. The van der Waals surface area contributed by atoms with E-state index in [4.69, 9.17) is 9.47 Å². The number of fused-ring (bicyclic) bond motifs is 2. The highest BCUT2D eigenvalue weighted by Crippen LogP contribution is 2.37. The molecule has 3 aliphatic heterocycles. The van der Waals surface area contributed by atoms with Crippen molar-refractivity contribution < 1.29 is 19.1 Å². The minimum absolute atomic E-state index is 0.170. The minimum Gasteiger partial charge on any atom is -0.463 e. The molecule has 1 aromatic rings. The predicted molar refractivity (Wildman–Crippen MR) is 99.7 cm³/mol. The number of thiazole rings is 1. The first-order valence-electron chi connectivity index (χ1n) is 9.08. The van der Waals surface area contributed by atoms with Crippen molar-refractivity contribution in [1.29, 1.82) is 0 Å². The van der Waals surface area contributed by atoms with Crippen molar-refractivity contribution in [3.8, 4) is 0 Å². The Bertz CT molecular complexity index is 787. The van der Waals surface area contributed by atoms with E-state index in [1.54, 1.807) is 13.1 Å². The number of esters is 1. The van der Waals surface area contributed by atoms with Crippen molar-refractivity contribution in [2.75, 3.05) is 32.9 Å². The van der Waals surface area contributed by atoms with Crippen LogP contribution in [0.15, 0.2) is 27.8 Å². The SMILES string of the molecule is CCOC(=O)C1=C(CN2C3CCC2(C=O)COC3)NC(c2nccs2)=NC1. The fourth-order valence-electron chi connectivity index (χ4n) is 3.91. The van der Waals surface area contributed by atoms with Gasteiger partial charge < -0.3 is 19.6 Å². The maximum absolute atomic E-state index is 12.5. The van der Waals surface area contributed by atoms with Gasteiger partial charge in [0.2, 0.25) is 0 Å². The highest BCUT2D eigenvalue weighted by molar-refractivity contribution is 7.11. The number of nitrogens with zero attached hydrogens (tertiary/aromatic N) is 3. The molecule has 1 N–H and O–H groups in total. The van der Waals surface area contributed by atoms with Crippen molar-refractivity contribution >= 4 is 29.4 Å². The van der Waals surface area contributed by atoms with E-state index in [0.717, 1.165) is 29.8 Å². The van der Waals surface area contributed by atoms with E-state index in [-0.39, 0.29) is 18.6 Å². The molecular weight excluding hydrogens is 368 g/mol. The Balaban J connectivity index is 1.63. The van der Waals surface area contributed by atoms with Gasteiger partial charge in [0.05, 0.1) is 31.9 Å². The van der Waals surface area contributed by atoms with Gasteiger partial charge in [-0.05, 0) is 19.8 Å². The third-order valence-corrected chi connectivity index (χ3v) is 6.10. The third kappa shape index (κ3) is 3.30. The lowest BCUT2D eigenvalue weighted by Crippen LogP contribution is -2.58. The summed E-state index contributed by atoms with van der Waals surface area (Å²) in [5.41, 5.74) is 0.616. The number of morpholine rings is 1. The molecule has 2 fully saturated rings. The highest BCUT2D eigenvalue weighted by Gasteiger charge is 2.50. The number of amidine groups is 1. The molecule has 0 aliphatic carbocycles. The van der Waals surface area contributed by atoms with Crippen LogP contribution in [0.4, 0.5) is 0 Å². The van der Waals surface area contributed by atoms with Crippen LogP contribution in [-0.2, 0) is 19.1 Å². The fraction of sp³-hybridized carbons (Fsp3) is 0.556. The summed E-state index contributed by atoms with van der Waals surface area (Å²) in [5, 5.41) is 5.93. The number of hydrogen-bond donors (Lipinski definition) is 1. The molecule has 2 unspecified atom stereocenters. The molecule has 1 aromatic heterocycles. The first kappa shape index (κ1) is 18.3. The Hall–Kier alpha value is -2.10. The summed E-state index contributed by atoms with van der Waals surface area (Å²) < 4.78 is 10.8. The van der Waals surface area contributed by atoms with E-state index < -0.39 is 5.54 Å². The lowest BCUT2D eigenvalue weighted by Gasteiger charge is -2.41. The van der Waals surface area contributed by atoms with Crippen molar-refractivity contribution in [1.82, 2.24) is 15.2 Å². The largest absolute Gasteiger partial charge is 0.463 e. The van der Waals surface area contributed by atoms with Crippen molar-refractivity contribution in [3.63, 3.8) is 0 Å². The van der Waals surface area contributed by atoms with Gasteiger partial charge >= 0.3 is 5.97 Å². The number of rotatable bonds is 6. The maximum Gasteiger partial charge on any atom is 0.337 e. The number of aromatic nitrogens is 1. The predicted octanol–water partition coefficient (Wildman–Crippen LogP) is 0.742. The van der Waals surface area contributed by atoms with Crippen LogP contribution in [-0.4, -0.2) is 72.5 Å². The van der Waals surface area contributed by atoms with Crippen molar-refractivity contribution in [2.24, 2.45) is 4.99 Å². The Morgan fingerprint density at radius 3 is 3.22 bits per heavy atom. The first-order chi connectivity index (χ1) is 13.2. The van der Waals surface area contributed by atoms with Gasteiger partial charge in [-0.25, -0.2) is 9.78 Å². The Morgan fingerprint density at radius 2 is 2.48 bits per heavy atom. The van der Waals surface area contributed by atoms with Crippen LogP contribution in [0.5, 0.6) is 0 Å². The van der Waals surface area contributed by atoms with Crippen molar-refractivity contribution in [3.05, 3.63) is 27.9 Å². The molecule has 8 nitrogen and oxygen atoms in total. The second kappa shape index (κ2) is 7.49. The number of hydrogen-bond acceptors (Lipinski definition) is 9. The Morgan fingerprint density at radius 1 is 1.59 bits per heavy atom. The molecule has 0 aromatic carbocycles. The zero-order valence-corrected chi connectivity index (χ0v) is 16.0. The fourth-order valence-corrected chi connectivity index (χ4v) is 4.51. The van der Waals surface area contributed by atoms with Crippen LogP contribution in [0, 0.1) is 0 Å². The van der Waals surface area contributed by atoms with E-state index in [9.17, 15) is 9.59 Å². The summed E-state index contributed by atoms with van der Waals surface area (Å²) in [6, 6.07) is 0.170. The number of carbonyl (C=O) groups is 2. The molecule has 0 spiro atoms. The molecule has 9 heteroatoms. The van der Waals surface area contributed by atoms with Crippen LogP contribution in [0.1, 0.15) is 24.8 Å². The number of carbonyl (C=O) groups excluding carboxylic acids is 2. The second-order valence-corrected chi connectivity index (χ2v) is 7.76. The van der Waals surface area contributed by atoms with Gasteiger partial charge in [0.25, 0.3) is 0 Å². The molecule has 0 amide bonds. The van der Waals surface area contributed by atoms with Crippen LogP contribution < -0.4 is 5.32 Å². The molecular formula is C18H22N4O4S. The molecule has 2 atom stereocenters. The van der Waals surface area contributed by atoms with E-state index in [1.165, 1.54) is 11.3 Å². The van der Waals surface area contributed by atoms with Crippen LogP contribution in [0.25, 0.3) is 0 Å². The standard InChI is InChI=1S/C18H22N4O4S/c1-2-26-17(24)13-7-20-15(16-19-5-6-27-16)21-14(13)8-22-12-3-4-18(22,10-23)11-25-9-12/h5-6,10,12H,2-4,7-9,11H2,1H3,(H,20,21). The van der Waals surface area contributed by atoms with Gasteiger partial charge in [0.15, 0.2) is 10.8 Å². The van der Waals surface area contributed by atoms with Crippen molar-refractivity contribution in [2.45, 2.75) is 31.3 Å². The zero-order valence-electron chi connectivity index (χ0n) is 15.1. The lowest BCUT2D eigenvalue weighted by atomic mass is 9.98. The molecule has 4 rings (SSSR count). The van der Waals surface area contributed by atoms with E-state index in [1.807, 2.05) is 5.38 Å². The summed E-state index contributed by atoms with van der Waals surface area (Å²) in [5.74, 6) is 0.275. The molecule has 2 saturated heterocycles. The summed E-state index contributed by atoms with van der Waals surface area (Å²) in [6.45, 7) is 3.76. The highest BCUT2D eigenvalue weighted by atomic mass is 32.1. The quantitative estimate of drug-likeness (QED) is 0.566. The normalized spacial score (nSPS) is 27.9. The van der Waals surface area contributed by atoms with E-state index >= 15 is 0 Å². The van der Waals surface area contributed by atoms with Gasteiger partial charge in [0, 0.05) is 29.9 Å². The molecule has 144 valence electrons. The number of aliphatic imine (C=N–C) groups is 1. The van der Waals surface area contributed by atoms with Crippen LogP contribution in [0.2, 0.25) is 0 Å². The number of ether oxygens (including phenoxy) is 2. The second-order valence-electron chi connectivity index (χ2n) is 6.86. The van der Waals surface area contributed by atoms with Gasteiger partial charge in [-0.1, -0.05) is 0 Å². The van der Waals surface area contributed by atoms with E-state index in [2.05, 4.69) is 20.2 Å².